The molecule has 1 N–H and O–H groups in total. The van der Waals surface area contributed by atoms with Crippen molar-refractivity contribution in [2.24, 2.45) is 0 Å². The molecule has 0 atom stereocenters. The second-order valence-corrected chi connectivity index (χ2v) is 10.8. The molecule has 0 unspecified atom stereocenters. The molecule has 0 bridgehead atoms. The topological polar surface area (TPSA) is 97.2 Å². The fraction of sp³-hybridized carbons (Fsp3) is 0.350. The molecule has 3 aromatic rings. The van der Waals surface area contributed by atoms with Crippen LogP contribution in [0.15, 0.2) is 51.8 Å². The normalized spacial score (nSPS) is 14.7. The van der Waals surface area contributed by atoms with Crippen LogP contribution in [0.2, 0.25) is 0 Å². The zero-order valence-corrected chi connectivity index (χ0v) is 19.5. The Morgan fingerprint density at radius 2 is 2.00 bits per heavy atom. The molecular formula is C20H23N5O3S3. The van der Waals surface area contributed by atoms with Crippen molar-refractivity contribution in [3.63, 3.8) is 0 Å². The zero-order valence-electron chi connectivity index (χ0n) is 17.0. The summed E-state index contributed by atoms with van der Waals surface area (Å²) in [5.41, 5.74) is 0.460. The summed E-state index contributed by atoms with van der Waals surface area (Å²) >= 11 is 2.90. The Morgan fingerprint density at radius 3 is 2.71 bits per heavy atom. The van der Waals surface area contributed by atoms with E-state index >= 15 is 0 Å². The molecule has 1 aliphatic rings. The van der Waals surface area contributed by atoms with Crippen molar-refractivity contribution in [3.05, 3.63) is 41.8 Å². The molecule has 0 radical (unpaired) electrons. The second kappa shape index (κ2) is 9.51. The van der Waals surface area contributed by atoms with E-state index < -0.39 is 10.0 Å². The Kier molecular flexibility index (Phi) is 6.75. The first-order valence-electron chi connectivity index (χ1n) is 9.99. The lowest BCUT2D eigenvalue weighted by Gasteiger charge is -2.16. The molecule has 1 amide bonds. The van der Waals surface area contributed by atoms with E-state index in [0.29, 0.717) is 30.5 Å². The largest absolute Gasteiger partial charge is 0.325 e. The van der Waals surface area contributed by atoms with E-state index in [-0.39, 0.29) is 16.6 Å². The van der Waals surface area contributed by atoms with Crippen LogP contribution in [0.4, 0.5) is 5.69 Å². The zero-order chi connectivity index (χ0) is 21.8. The molecule has 4 rings (SSSR count). The summed E-state index contributed by atoms with van der Waals surface area (Å²) in [7, 11) is -3.52. The monoisotopic (exact) mass is 477 g/mol. The van der Waals surface area contributed by atoms with Gasteiger partial charge >= 0.3 is 0 Å². The van der Waals surface area contributed by atoms with Crippen LogP contribution < -0.4 is 5.32 Å². The van der Waals surface area contributed by atoms with E-state index in [4.69, 9.17) is 0 Å². The molecule has 1 aromatic carbocycles. The highest BCUT2D eigenvalue weighted by atomic mass is 32.2. The maximum Gasteiger partial charge on any atom is 0.243 e. The number of thiophene rings is 1. The van der Waals surface area contributed by atoms with Gasteiger partial charge in [0.25, 0.3) is 0 Å². The summed E-state index contributed by atoms with van der Waals surface area (Å²) < 4.78 is 29.0. The van der Waals surface area contributed by atoms with Crippen LogP contribution in [0.25, 0.3) is 10.7 Å². The molecule has 11 heteroatoms. The van der Waals surface area contributed by atoms with E-state index in [0.717, 1.165) is 23.5 Å². The smallest absolute Gasteiger partial charge is 0.243 e. The van der Waals surface area contributed by atoms with E-state index in [9.17, 15) is 13.2 Å². The van der Waals surface area contributed by atoms with Crippen LogP contribution in [0.1, 0.15) is 19.8 Å². The molecule has 8 nitrogen and oxygen atoms in total. The number of rotatable bonds is 8. The predicted octanol–water partition coefficient (Wildman–Crippen LogP) is 3.54. The number of nitrogens with zero attached hydrogens (tertiary/aromatic N) is 4. The number of nitrogens with one attached hydrogen (secondary N) is 1. The summed E-state index contributed by atoms with van der Waals surface area (Å²) in [4.78, 5) is 13.7. The fourth-order valence-electron chi connectivity index (χ4n) is 3.41. The third kappa shape index (κ3) is 4.84. The highest BCUT2D eigenvalue weighted by molar-refractivity contribution is 7.99. The van der Waals surface area contributed by atoms with Gasteiger partial charge in [0.15, 0.2) is 11.0 Å². The third-order valence-corrected chi connectivity index (χ3v) is 8.65. The summed E-state index contributed by atoms with van der Waals surface area (Å²) in [5, 5.41) is 13.9. The molecule has 31 heavy (non-hydrogen) atoms. The fourth-order valence-corrected chi connectivity index (χ4v) is 6.49. The van der Waals surface area contributed by atoms with Gasteiger partial charge in [-0.05, 0) is 49.4 Å². The molecule has 0 aliphatic carbocycles. The number of hydrogen-bond acceptors (Lipinski definition) is 7. The number of thioether (sulfide) groups is 1. The first kappa shape index (κ1) is 22.0. The van der Waals surface area contributed by atoms with Crippen LogP contribution >= 0.6 is 23.1 Å². The number of benzene rings is 1. The Labute approximate surface area is 189 Å². The van der Waals surface area contributed by atoms with E-state index in [2.05, 4.69) is 15.5 Å². The van der Waals surface area contributed by atoms with E-state index in [1.165, 1.54) is 22.1 Å². The SMILES string of the molecule is CCn1c(SCC(=O)Nc2cccc(S(=O)(=O)N3CCCC3)c2)nnc1-c1cccs1. The number of amides is 1. The molecule has 0 spiro atoms. The molecule has 2 aromatic heterocycles. The van der Waals surface area contributed by atoms with Crippen molar-refractivity contribution in [1.29, 1.82) is 0 Å². The Balaban J connectivity index is 1.41. The van der Waals surface area contributed by atoms with Gasteiger partial charge < -0.3 is 9.88 Å². The molecule has 0 saturated carbocycles. The minimum atomic E-state index is -3.52. The van der Waals surface area contributed by atoms with Gasteiger partial charge in [-0.2, -0.15) is 4.31 Å². The van der Waals surface area contributed by atoms with Gasteiger partial charge in [-0.1, -0.05) is 23.9 Å². The van der Waals surface area contributed by atoms with E-state index in [1.807, 2.05) is 29.0 Å². The number of carbonyl (C=O) groups excluding carboxylic acids is 1. The van der Waals surface area contributed by atoms with Crippen LogP contribution in [0, 0.1) is 0 Å². The molecule has 1 saturated heterocycles. The lowest BCUT2D eigenvalue weighted by Crippen LogP contribution is -2.28. The highest BCUT2D eigenvalue weighted by Gasteiger charge is 2.27. The average molecular weight is 478 g/mol. The van der Waals surface area contributed by atoms with Crippen LogP contribution in [-0.2, 0) is 21.4 Å². The van der Waals surface area contributed by atoms with Crippen LogP contribution in [-0.4, -0.2) is 52.2 Å². The molecular weight excluding hydrogens is 454 g/mol. The van der Waals surface area contributed by atoms with Gasteiger partial charge in [-0.25, -0.2) is 8.42 Å². The number of anilines is 1. The van der Waals surface area contributed by atoms with Crippen molar-refractivity contribution in [2.75, 3.05) is 24.2 Å². The summed E-state index contributed by atoms with van der Waals surface area (Å²) in [6.45, 7) is 3.79. The molecule has 1 aliphatic heterocycles. The number of hydrogen-bond donors (Lipinski definition) is 1. The lowest BCUT2D eigenvalue weighted by atomic mass is 10.3. The molecule has 164 valence electrons. The number of sulfonamides is 1. The van der Waals surface area contributed by atoms with Crippen molar-refractivity contribution in [2.45, 2.75) is 36.4 Å². The standard InChI is InChI=1S/C20H23N5O3S3/c1-2-25-19(17-9-6-12-29-17)22-23-20(25)30-14-18(26)21-15-7-5-8-16(13-15)31(27,28)24-10-3-4-11-24/h5-9,12-13H,2-4,10-11,14H2,1H3,(H,21,26). The summed E-state index contributed by atoms with van der Waals surface area (Å²) in [6, 6.07) is 10.4. The van der Waals surface area contributed by atoms with E-state index in [1.54, 1.807) is 29.5 Å². The van der Waals surface area contributed by atoms with Gasteiger partial charge in [0.2, 0.25) is 15.9 Å². The lowest BCUT2D eigenvalue weighted by molar-refractivity contribution is -0.113. The molecule has 1 fully saturated rings. The minimum absolute atomic E-state index is 0.145. The Morgan fingerprint density at radius 1 is 1.19 bits per heavy atom. The second-order valence-electron chi connectivity index (χ2n) is 7.00. The first-order chi connectivity index (χ1) is 15.0. The summed E-state index contributed by atoms with van der Waals surface area (Å²) in [6.07, 6.45) is 1.76. The number of carbonyl (C=O) groups is 1. The summed E-state index contributed by atoms with van der Waals surface area (Å²) in [5.74, 6) is 0.704. The van der Waals surface area contributed by atoms with Gasteiger partial charge in [0.1, 0.15) is 0 Å². The maximum atomic E-state index is 12.7. The van der Waals surface area contributed by atoms with Crippen LogP contribution in [0.5, 0.6) is 0 Å². The first-order valence-corrected chi connectivity index (χ1v) is 13.3. The van der Waals surface area contributed by atoms with Gasteiger partial charge in [0.05, 0.1) is 15.5 Å². The van der Waals surface area contributed by atoms with Gasteiger partial charge in [0, 0.05) is 25.3 Å². The molecule has 3 heterocycles. The quantitative estimate of drug-likeness (QED) is 0.499. The van der Waals surface area contributed by atoms with Crippen molar-refractivity contribution in [1.82, 2.24) is 19.1 Å². The minimum Gasteiger partial charge on any atom is -0.325 e. The van der Waals surface area contributed by atoms with Gasteiger partial charge in [-0.3, -0.25) is 4.79 Å². The predicted molar refractivity (Wildman–Crippen MR) is 123 cm³/mol. The third-order valence-electron chi connectivity index (χ3n) is 4.93. The van der Waals surface area contributed by atoms with Crippen molar-refractivity contribution >= 4 is 44.7 Å². The van der Waals surface area contributed by atoms with Crippen molar-refractivity contribution < 1.29 is 13.2 Å². The maximum absolute atomic E-state index is 12.7. The van der Waals surface area contributed by atoms with Gasteiger partial charge in [-0.15, -0.1) is 21.5 Å². The Hall–Kier alpha value is -2.21. The Bertz CT molecular complexity index is 1150. The number of aromatic nitrogens is 3. The highest BCUT2D eigenvalue weighted by Crippen LogP contribution is 2.27. The van der Waals surface area contributed by atoms with Crippen LogP contribution in [0.3, 0.4) is 0 Å². The average Bonchev–Trinajstić information content (AvgIpc) is 3.53. The van der Waals surface area contributed by atoms with Crippen molar-refractivity contribution in [3.8, 4) is 10.7 Å².